The van der Waals surface area contributed by atoms with Gasteiger partial charge in [-0.05, 0) is 62.2 Å². The third kappa shape index (κ3) is 4.50. The van der Waals surface area contributed by atoms with Crippen molar-refractivity contribution in [3.05, 3.63) is 89.5 Å². The molecule has 3 aromatic rings. The van der Waals surface area contributed by atoms with Gasteiger partial charge in [0.15, 0.2) is 0 Å². The second kappa shape index (κ2) is 9.49. The van der Waals surface area contributed by atoms with Gasteiger partial charge in [0.25, 0.3) is 0 Å². The zero-order chi connectivity index (χ0) is 22.6. The highest BCUT2D eigenvalue weighted by molar-refractivity contribution is 5.87. The molecule has 1 amide bonds. The number of ether oxygens (including phenoxy) is 1. The second-order valence-corrected chi connectivity index (χ2v) is 8.55. The van der Waals surface area contributed by atoms with Gasteiger partial charge in [-0.15, -0.1) is 0 Å². The molecule has 0 aliphatic carbocycles. The van der Waals surface area contributed by atoms with Crippen molar-refractivity contribution in [3.63, 3.8) is 0 Å². The van der Waals surface area contributed by atoms with Crippen molar-refractivity contribution in [2.24, 2.45) is 0 Å². The van der Waals surface area contributed by atoms with E-state index in [9.17, 15) is 4.79 Å². The van der Waals surface area contributed by atoms with Crippen molar-refractivity contribution < 1.29 is 9.53 Å². The number of benzene rings is 1. The number of carbonyl (C=O) groups is 1. The molecule has 3 heterocycles. The number of aryl methyl sites for hydroxylation is 1. The molecule has 0 saturated carbocycles. The summed E-state index contributed by atoms with van der Waals surface area (Å²) in [5, 5.41) is 0. The lowest BCUT2D eigenvalue weighted by molar-refractivity contribution is -0.141. The number of nitrogens with zero attached hydrogens (tertiary/aromatic N) is 4. The van der Waals surface area contributed by atoms with Gasteiger partial charge in [-0.25, -0.2) is 0 Å². The zero-order valence-electron chi connectivity index (χ0n) is 19.0. The number of hydrogen-bond donors (Lipinski definition) is 0. The van der Waals surface area contributed by atoms with Gasteiger partial charge in [0.2, 0.25) is 5.91 Å². The van der Waals surface area contributed by atoms with Crippen molar-refractivity contribution in [2.45, 2.75) is 38.5 Å². The third-order valence-electron chi connectivity index (χ3n) is 5.98. The second-order valence-electron chi connectivity index (χ2n) is 8.55. The van der Waals surface area contributed by atoms with Gasteiger partial charge in [-0.1, -0.05) is 24.3 Å². The minimum absolute atomic E-state index is 0.0806. The SMILES string of the molecule is Cc1cccc([C@]2(C(=O)N(C)C)CCCN2Cc2cccc(OCc3cccnc3)c2)n1. The fourth-order valence-electron chi connectivity index (χ4n) is 4.48. The van der Waals surface area contributed by atoms with Crippen LogP contribution in [0, 0.1) is 6.92 Å². The maximum Gasteiger partial charge on any atom is 0.248 e. The van der Waals surface area contributed by atoms with Gasteiger partial charge in [0.05, 0.1) is 5.69 Å². The van der Waals surface area contributed by atoms with E-state index in [1.807, 2.05) is 69.7 Å². The Balaban J connectivity index is 1.59. The number of aromatic nitrogens is 2. The van der Waals surface area contributed by atoms with Crippen LogP contribution < -0.4 is 4.74 Å². The molecule has 1 aromatic carbocycles. The third-order valence-corrected chi connectivity index (χ3v) is 5.98. The lowest BCUT2D eigenvalue weighted by Crippen LogP contribution is -2.52. The van der Waals surface area contributed by atoms with Crippen LogP contribution in [0.3, 0.4) is 0 Å². The van der Waals surface area contributed by atoms with Gasteiger partial charge in [0.1, 0.15) is 17.9 Å². The van der Waals surface area contributed by atoms with E-state index in [0.717, 1.165) is 47.7 Å². The fraction of sp³-hybridized carbons (Fsp3) is 0.346. The molecule has 0 N–H and O–H groups in total. The molecule has 2 aromatic heterocycles. The van der Waals surface area contributed by atoms with Crippen LogP contribution >= 0.6 is 0 Å². The van der Waals surface area contributed by atoms with Gasteiger partial charge < -0.3 is 9.64 Å². The van der Waals surface area contributed by atoms with Crippen LogP contribution in [-0.4, -0.2) is 46.3 Å². The zero-order valence-corrected chi connectivity index (χ0v) is 19.0. The number of likely N-dealkylation sites (tertiary alicyclic amines) is 1. The molecule has 6 heteroatoms. The highest BCUT2D eigenvalue weighted by Gasteiger charge is 2.50. The number of likely N-dealkylation sites (N-methyl/N-ethyl adjacent to an activating group) is 1. The lowest BCUT2D eigenvalue weighted by Gasteiger charge is -2.38. The van der Waals surface area contributed by atoms with Gasteiger partial charge in [0, 0.05) is 44.3 Å². The predicted octanol–water partition coefficient (Wildman–Crippen LogP) is 3.94. The molecule has 1 saturated heterocycles. The van der Waals surface area contributed by atoms with Crippen molar-refractivity contribution in [1.29, 1.82) is 0 Å². The predicted molar refractivity (Wildman–Crippen MR) is 124 cm³/mol. The summed E-state index contributed by atoms with van der Waals surface area (Å²) in [6, 6.07) is 18.0. The Morgan fingerprint density at radius 1 is 1.12 bits per heavy atom. The molecule has 1 fully saturated rings. The molecule has 0 bridgehead atoms. The molecule has 4 rings (SSSR count). The summed E-state index contributed by atoms with van der Waals surface area (Å²) in [6.07, 6.45) is 5.28. The van der Waals surface area contributed by atoms with E-state index in [-0.39, 0.29) is 5.91 Å². The van der Waals surface area contributed by atoms with Crippen LogP contribution in [-0.2, 0) is 23.5 Å². The first-order chi connectivity index (χ1) is 15.5. The van der Waals surface area contributed by atoms with Crippen molar-refractivity contribution >= 4 is 5.91 Å². The van der Waals surface area contributed by atoms with Gasteiger partial charge in [-0.2, -0.15) is 0 Å². The van der Waals surface area contributed by atoms with Crippen molar-refractivity contribution in [1.82, 2.24) is 19.8 Å². The van der Waals surface area contributed by atoms with E-state index < -0.39 is 5.54 Å². The standard InChI is InChI=1S/C26H30N4O2/c1-20-8-4-12-24(28-20)26(25(31)29(2)3)13-7-15-30(26)18-21-9-5-11-23(16-21)32-19-22-10-6-14-27-17-22/h4-6,8-12,14,16-17H,7,13,15,18-19H2,1-3H3/t26-/m0/s1. The molecule has 1 aliphatic heterocycles. The van der Waals surface area contributed by atoms with Gasteiger partial charge in [-0.3, -0.25) is 19.7 Å². The van der Waals surface area contributed by atoms with Crippen LogP contribution in [0.4, 0.5) is 0 Å². The normalized spacial score (nSPS) is 18.5. The Bertz CT molecular complexity index is 1070. The summed E-state index contributed by atoms with van der Waals surface area (Å²) in [4.78, 5) is 26.4. The average Bonchev–Trinajstić information content (AvgIpc) is 3.22. The topological polar surface area (TPSA) is 58.6 Å². The highest BCUT2D eigenvalue weighted by Crippen LogP contribution is 2.40. The van der Waals surface area contributed by atoms with Gasteiger partial charge >= 0.3 is 0 Å². The van der Waals surface area contributed by atoms with E-state index in [2.05, 4.69) is 22.0 Å². The molecule has 1 atom stereocenters. The van der Waals surface area contributed by atoms with Crippen LogP contribution in [0.25, 0.3) is 0 Å². The molecule has 6 nitrogen and oxygen atoms in total. The molecule has 166 valence electrons. The van der Waals surface area contributed by atoms with E-state index >= 15 is 0 Å². The molecule has 0 unspecified atom stereocenters. The van der Waals surface area contributed by atoms with Crippen molar-refractivity contribution in [2.75, 3.05) is 20.6 Å². The van der Waals surface area contributed by atoms with Crippen LogP contribution in [0.1, 0.15) is 35.4 Å². The Morgan fingerprint density at radius 2 is 1.94 bits per heavy atom. The summed E-state index contributed by atoms with van der Waals surface area (Å²) >= 11 is 0. The maximum atomic E-state index is 13.5. The number of rotatable bonds is 7. The lowest BCUT2D eigenvalue weighted by atomic mass is 9.89. The molecular formula is C26H30N4O2. The number of hydrogen-bond acceptors (Lipinski definition) is 5. The Kier molecular flexibility index (Phi) is 6.51. The molecular weight excluding hydrogens is 400 g/mol. The Labute approximate surface area is 189 Å². The Hall–Kier alpha value is -3.25. The Morgan fingerprint density at radius 3 is 2.69 bits per heavy atom. The summed E-state index contributed by atoms with van der Waals surface area (Å²) < 4.78 is 5.99. The first kappa shape index (κ1) is 22.0. The number of amides is 1. The van der Waals surface area contributed by atoms with Crippen molar-refractivity contribution in [3.8, 4) is 5.75 Å². The first-order valence-electron chi connectivity index (χ1n) is 11.0. The summed E-state index contributed by atoms with van der Waals surface area (Å²) in [5.41, 5.74) is 3.14. The minimum atomic E-state index is -0.748. The molecule has 1 aliphatic rings. The van der Waals surface area contributed by atoms with E-state index in [4.69, 9.17) is 9.72 Å². The molecule has 32 heavy (non-hydrogen) atoms. The number of pyridine rings is 2. The minimum Gasteiger partial charge on any atom is -0.489 e. The molecule has 0 spiro atoms. The monoisotopic (exact) mass is 430 g/mol. The van der Waals surface area contributed by atoms with E-state index in [0.29, 0.717) is 13.2 Å². The highest BCUT2D eigenvalue weighted by atomic mass is 16.5. The van der Waals surface area contributed by atoms with E-state index in [1.165, 1.54) is 0 Å². The smallest absolute Gasteiger partial charge is 0.248 e. The summed E-state index contributed by atoms with van der Waals surface area (Å²) in [7, 11) is 3.65. The molecule has 0 radical (unpaired) electrons. The summed E-state index contributed by atoms with van der Waals surface area (Å²) in [6.45, 7) is 3.94. The summed E-state index contributed by atoms with van der Waals surface area (Å²) in [5.74, 6) is 0.890. The van der Waals surface area contributed by atoms with Crippen LogP contribution in [0.15, 0.2) is 67.0 Å². The largest absolute Gasteiger partial charge is 0.489 e. The average molecular weight is 431 g/mol. The first-order valence-corrected chi connectivity index (χ1v) is 11.0. The fourth-order valence-corrected chi connectivity index (χ4v) is 4.48. The maximum absolute atomic E-state index is 13.5. The van der Waals surface area contributed by atoms with E-state index in [1.54, 1.807) is 11.1 Å². The van der Waals surface area contributed by atoms with Crippen LogP contribution in [0.2, 0.25) is 0 Å². The quantitative estimate of drug-likeness (QED) is 0.568. The van der Waals surface area contributed by atoms with Crippen LogP contribution in [0.5, 0.6) is 5.75 Å². The number of carbonyl (C=O) groups excluding carboxylic acids is 1.